The predicted octanol–water partition coefficient (Wildman–Crippen LogP) is 4.05. The molecule has 4 rings (SSSR count). The van der Waals surface area contributed by atoms with Crippen molar-refractivity contribution < 1.29 is 4.74 Å². The third kappa shape index (κ3) is 2.40. The lowest BCUT2D eigenvalue weighted by Gasteiger charge is -2.04. The van der Waals surface area contributed by atoms with Crippen LogP contribution in [0.15, 0.2) is 42.0 Å². The average Bonchev–Trinajstić information content (AvgIpc) is 3.10. The molecule has 21 heavy (non-hydrogen) atoms. The largest absolute Gasteiger partial charge is 0.497 e. The zero-order valence-corrected chi connectivity index (χ0v) is 12.6. The molecule has 3 aromatic rings. The number of rotatable bonds is 4. The van der Waals surface area contributed by atoms with Gasteiger partial charge in [0.1, 0.15) is 12.1 Å². The molecule has 2 atom stereocenters. The van der Waals surface area contributed by atoms with E-state index in [0.29, 0.717) is 11.8 Å². The summed E-state index contributed by atoms with van der Waals surface area (Å²) in [4.78, 5) is 8.87. The Hall–Kier alpha value is -1.94. The van der Waals surface area contributed by atoms with Crippen LogP contribution in [0.3, 0.4) is 0 Å². The first-order valence-corrected chi connectivity index (χ1v) is 8.04. The van der Waals surface area contributed by atoms with Gasteiger partial charge in [-0.15, -0.1) is 11.3 Å². The van der Waals surface area contributed by atoms with Crippen molar-refractivity contribution in [2.45, 2.75) is 18.8 Å². The van der Waals surface area contributed by atoms with Crippen LogP contribution in [0.25, 0.3) is 10.2 Å². The Morgan fingerprint density at radius 3 is 2.86 bits per heavy atom. The van der Waals surface area contributed by atoms with Gasteiger partial charge < -0.3 is 4.74 Å². The number of methoxy groups -OCH3 is 1. The lowest BCUT2D eigenvalue weighted by atomic mass is 10.1. The normalized spacial score (nSPS) is 20.6. The van der Waals surface area contributed by atoms with E-state index in [9.17, 15) is 0 Å². The van der Waals surface area contributed by atoms with Crippen LogP contribution in [-0.2, 0) is 6.42 Å². The number of thiophene rings is 1. The van der Waals surface area contributed by atoms with Crippen LogP contribution in [0, 0.1) is 5.92 Å². The molecule has 0 bridgehead atoms. The van der Waals surface area contributed by atoms with Crippen LogP contribution in [-0.4, -0.2) is 17.1 Å². The summed E-state index contributed by atoms with van der Waals surface area (Å²) in [7, 11) is 1.70. The van der Waals surface area contributed by atoms with Crippen LogP contribution in [0.2, 0.25) is 0 Å². The highest BCUT2D eigenvalue weighted by molar-refractivity contribution is 7.17. The minimum Gasteiger partial charge on any atom is -0.497 e. The zero-order valence-electron chi connectivity index (χ0n) is 11.8. The lowest BCUT2D eigenvalue weighted by Crippen LogP contribution is -1.93. The maximum atomic E-state index is 5.20. The first-order chi connectivity index (χ1) is 10.3. The highest BCUT2D eigenvalue weighted by atomic mass is 32.1. The minimum absolute atomic E-state index is 0.594. The predicted molar refractivity (Wildman–Crippen MR) is 85.0 cm³/mol. The third-order valence-corrected chi connectivity index (χ3v) is 5.13. The van der Waals surface area contributed by atoms with Crippen molar-refractivity contribution in [3.63, 3.8) is 0 Å². The number of hydrogen-bond donors (Lipinski definition) is 0. The molecule has 4 heteroatoms. The van der Waals surface area contributed by atoms with Crippen LogP contribution in [0.5, 0.6) is 5.75 Å². The Morgan fingerprint density at radius 1 is 1.19 bits per heavy atom. The van der Waals surface area contributed by atoms with Gasteiger partial charge in [0.15, 0.2) is 0 Å². The fourth-order valence-corrected chi connectivity index (χ4v) is 3.84. The van der Waals surface area contributed by atoms with Gasteiger partial charge >= 0.3 is 0 Å². The summed E-state index contributed by atoms with van der Waals surface area (Å²) in [5, 5.41) is 2.10. The second-order valence-electron chi connectivity index (χ2n) is 5.55. The van der Waals surface area contributed by atoms with Gasteiger partial charge in [0.2, 0.25) is 0 Å². The Balaban J connectivity index is 1.51. The molecule has 0 amide bonds. The summed E-state index contributed by atoms with van der Waals surface area (Å²) >= 11 is 1.75. The highest BCUT2D eigenvalue weighted by Crippen LogP contribution is 2.50. The van der Waals surface area contributed by atoms with Crippen LogP contribution < -0.4 is 4.74 Å². The van der Waals surface area contributed by atoms with Crippen molar-refractivity contribution in [3.8, 4) is 5.75 Å². The molecule has 3 nitrogen and oxygen atoms in total. The molecule has 2 aromatic heterocycles. The fraction of sp³-hybridized carbons (Fsp3) is 0.294. The Labute approximate surface area is 127 Å². The summed E-state index contributed by atoms with van der Waals surface area (Å²) in [5.74, 6) is 2.22. The van der Waals surface area contributed by atoms with E-state index in [4.69, 9.17) is 4.74 Å². The van der Waals surface area contributed by atoms with Crippen LogP contribution in [0.1, 0.15) is 23.6 Å². The summed E-state index contributed by atoms with van der Waals surface area (Å²) in [5.41, 5.74) is 3.70. The molecule has 2 heterocycles. The van der Waals surface area contributed by atoms with Crippen molar-refractivity contribution in [3.05, 3.63) is 53.3 Å². The zero-order chi connectivity index (χ0) is 14.2. The van der Waals surface area contributed by atoms with E-state index in [0.717, 1.165) is 17.7 Å². The molecule has 0 N–H and O–H groups in total. The topological polar surface area (TPSA) is 35.0 Å². The maximum Gasteiger partial charge on any atom is 0.118 e. The van der Waals surface area contributed by atoms with E-state index in [1.54, 1.807) is 24.8 Å². The molecule has 0 radical (unpaired) electrons. The molecule has 1 fully saturated rings. The number of benzene rings is 1. The van der Waals surface area contributed by atoms with E-state index < -0.39 is 0 Å². The van der Waals surface area contributed by atoms with Gasteiger partial charge in [0, 0.05) is 5.92 Å². The first kappa shape index (κ1) is 12.8. The van der Waals surface area contributed by atoms with Gasteiger partial charge in [-0.3, -0.25) is 0 Å². The molecular weight excluding hydrogens is 280 g/mol. The van der Waals surface area contributed by atoms with Crippen molar-refractivity contribution >= 4 is 21.6 Å². The molecule has 1 saturated carbocycles. The van der Waals surface area contributed by atoms with Gasteiger partial charge in [-0.05, 0) is 47.9 Å². The van der Waals surface area contributed by atoms with E-state index in [-0.39, 0.29) is 0 Å². The number of fused-ring (bicyclic) bond motifs is 1. The first-order valence-electron chi connectivity index (χ1n) is 7.16. The summed E-state index contributed by atoms with van der Waals surface area (Å²) in [6.07, 6.45) is 4.05. The molecule has 0 spiro atoms. The van der Waals surface area contributed by atoms with Crippen molar-refractivity contribution in [1.29, 1.82) is 0 Å². The van der Waals surface area contributed by atoms with Gasteiger partial charge in [0.25, 0.3) is 0 Å². The monoisotopic (exact) mass is 296 g/mol. The van der Waals surface area contributed by atoms with Gasteiger partial charge in [-0.25, -0.2) is 9.97 Å². The van der Waals surface area contributed by atoms with Crippen molar-refractivity contribution in [2.75, 3.05) is 7.11 Å². The summed E-state index contributed by atoms with van der Waals surface area (Å²) in [6.45, 7) is 0. The average molecular weight is 296 g/mol. The SMILES string of the molecule is COc1ccc(CC2CC2c2ncnc3ccsc23)cc1. The van der Waals surface area contributed by atoms with Crippen molar-refractivity contribution in [1.82, 2.24) is 9.97 Å². The fourth-order valence-electron chi connectivity index (χ4n) is 2.94. The van der Waals surface area contributed by atoms with Crippen molar-refractivity contribution in [2.24, 2.45) is 5.92 Å². The quantitative estimate of drug-likeness (QED) is 0.728. The van der Waals surface area contributed by atoms with Gasteiger partial charge in [-0.2, -0.15) is 0 Å². The summed E-state index contributed by atoms with van der Waals surface area (Å²) < 4.78 is 6.47. The minimum atomic E-state index is 0.594. The Kier molecular flexibility index (Phi) is 3.11. The molecule has 2 unspecified atom stereocenters. The number of nitrogens with zero attached hydrogens (tertiary/aromatic N) is 2. The maximum absolute atomic E-state index is 5.20. The van der Waals surface area contributed by atoms with E-state index in [1.165, 1.54) is 22.4 Å². The van der Waals surface area contributed by atoms with Crippen LogP contribution >= 0.6 is 11.3 Å². The molecule has 106 valence electrons. The van der Waals surface area contributed by atoms with E-state index in [1.807, 2.05) is 12.1 Å². The second kappa shape index (κ2) is 5.11. The second-order valence-corrected chi connectivity index (χ2v) is 6.46. The number of ether oxygens (including phenoxy) is 1. The molecule has 1 aliphatic rings. The number of aromatic nitrogens is 2. The third-order valence-electron chi connectivity index (χ3n) is 4.20. The number of hydrogen-bond acceptors (Lipinski definition) is 4. The highest BCUT2D eigenvalue weighted by Gasteiger charge is 2.40. The Bertz CT molecular complexity index is 766. The smallest absolute Gasteiger partial charge is 0.118 e. The van der Waals surface area contributed by atoms with E-state index in [2.05, 4.69) is 33.5 Å². The van der Waals surface area contributed by atoms with Crippen LogP contribution in [0.4, 0.5) is 0 Å². The molecule has 1 aromatic carbocycles. The van der Waals surface area contributed by atoms with Gasteiger partial charge in [-0.1, -0.05) is 12.1 Å². The van der Waals surface area contributed by atoms with Gasteiger partial charge in [0.05, 0.1) is 23.0 Å². The molecule has 0 aliphatic heterocycles. The lowest BCUT2D eigenvalue weighted by molar-refractivity contribution is 0.414. The standard InChI is InChI=1S/C17H16N2OS/c1-20-13-4-2-11(3-5-13)8-12-9-14(12)16-17-15(6-7-21-17)18-10-19-16/h2-7,10,12,14H,8-9H2,1H3. The molecular formula is C17H16N2OS. The summed E-state index contributed by atoms with van der Waals surface area (Å²) in [6, 6.07) is 10.5. The molecule has 1 aliphatic carbocycles. The Morgan fingerprint density at radius 2 is 2.05 bits per heavy atom. The van der Waals surface area contributed by atoms with E-state index >= 15 is 0 Å². The molecule has 0 saturated heterocycles.